The molecule has 0 saturated carbocycles. The number of fused-ring (bicyclic) bond motifs is 1. The molecule has 2 aromatic rings. The fourth-order valence-corrected chi connectivity index (χ4v) is 3.21. The summed E-state index contributed by atoms with van der Waals surface area (Å²) in [4.78, 5) is 15.6. The number of rotatable bonds is 8. The molecule has 28 heavy (non-hydrogen) atoms. The predicted molar refractivity (Wildman–Crippen MR) is 109 cm³/mol. The number of benzene rings is 1. The third-order valence-corrected chi connectivity index (χ3v) is 4.85. The number of nitrogens with one attached hydrogen (secondary N) is 1. The lowest BCUT2D eigenvalue weighted by Crippen LogP contribution is -2.34. The Labute approximate surface area is 167 Å². The minimum Gasteiger partial charge on any atom is -0.494 e. The minimum absolute atomic E-state index is 0.102. The van der Waals surface area contributed by atoms with Crippen molar-refractivity contribution in [3.05, 3.63) is 47.3 Å². The van der Waals surface area contributed by atoms with Crippen LogP contribution in [0.1, 0.15) is 36.7 Å². The molecule has 1 aromatic carbocycles. The zero-order valence-electron chi connectivity index (χ0n) is 17.1. The molecule has 2 amide bonds. The van der Waals surface area contributed by atoms with Gasteiger partial charge in [-0.1, -0.05) is 25.5 Å². The molecule has 0 fully saturated rings. The monoisotopic (exact) mass is 385 g/mol. The normalized spacial score (nSPS) is 13.8. The molecular weight excluding hydrogens is 354 g/mol. The predicted octanol–water partition coefficient (Wildman–Crippen LogP) is 2.85. The fraction of sp³-hybridized carbons (Fsp3) is 0.524. The first kappa shape index (κ1) is 20.2. The van der Waals surface area contributed by atoms with Gasteiger partial charge in [-0.2, -0.15) is 5.10 Å². The van der Waals surface area contributed by atoms with Crippen molar-refractivity contribution in [1.82, 2.24) is 24.9 Å². The second kappa shape index (κ2) is 9.59. The number of nitrogens with zero attached hydrogens (tertiary/aromatic N) is 4. The average Bonchev–Trinajstić information content (AvgIpc) is 3.09. The summed E-state index contributed by atoms with van der Waals surface area (Å²) in [5.74, 6) is 0.943. The van der Waals surface area contributed by atoms with Gasteiger partial charge in [-0.05, 0) is 30.2 Å². The number of aromatic nitrogens is 2. The van der Waals surface area contributed by atoms with E-state index in [9.17, 15) is 4.79 Å². The van der Waals surface area contributed by atoms with E-state index >= 15 is 0 Å². The second-order valence-corrected chi connectivity index (χ2v) is 7.46. The van der Waals surface area contributed by atoms with Gasteiger partial charge < -0.3 is 15.0 Å². The molecule has 0 spiro atoms. The molecule has 0 bridgehead atoms. The Morgan fingerprint density at radius 2 is 2.04 bits per heavy atom. The Morgan fingerprint density at radius 1 is 1.25 bits per heavy atom. The zero-order valence-corrected chi connectivity index (χ0v) is 17.1. The van der Waals surface area contributed by atoms with E-state index in [2.05, 4.69) is 57.3 Å². The summed E-state index contributed by atoms with van der Waals surface area (Å²) in [6, 6.07) is 10.4. The van der Waals surface area contributed by atoms with Crippen molar-refractivity contribution in [1.29, 1.82) is 0 Å². The first-order valence-corrected chi connectivity index (χ1v) is 10.00. The van der Waals surface area contributed by atoms with Crippen molar-refractivity contribution in [2.75, 3.05) is 27.2 Å². The lowest BCUT2D eigenvalue weighted by molar-refractivity contribution is 0.205. The van der Waals surface area contributed by atoms with E-state index in [1.165, 1.54) is 16.2 Å². The lowest BCUT2D eigenvalue weighted by Gasteiger charge is -2.27. The Kier molecular flexibility index (Phi) is 6.92. The minimum atomic E-state index is -0.102. The first-order chi connectivity index (χ1) is 13.5. The molecule has 0 atom stereocenters. The number of ether oxygens (including phenoxy) is 1. The molecule has 3 rings (SSSR count). The van der Waals surface area contributed by atoms with Crippen LogP contribution in [0.4, 0.5) is 4.79 Å². The van der Waals surface area contributed by atoms with E-state index in [0.717, 1.165) is 57.1 Å². The molecule has 1 aliphatic heterocycles. The van der Waals surface area contributed by atoms with E-state index in [4.69, 9.17) is 4.74 Å². The maximum Gasteiger partial charge on any atom is 0.317 e. The smallest absolute Gasteiger partial charge is 0.317 e. The van der Waals surface area contributed by atoms with Crippen LogP contribution in [-0.4, -0.2) is 52.9 Å². The van der Waals surface area contributed by atoms with Gasteiger partial charge in [0.25, 0.3) is 0 Å². The summed E-state index contributed by atoms with van der Waals surface area (Å²) in [6.07, 6.45) is 2.23. The van der Waals surface area contributed by atoms with Gasteiger partial charge in [0, 0.05) is 33.7 Å². The van der Waals surface area contributed by atoms with E-state index in [0.29, 0.717) is 6.54 Å². The van der Waals surface area contributed by atoms with Gasteiger partial charge in [-0.15, -0.1) is 0 Å². The van der Waals surface area contributed by atoms with Crippen LogP contribution in [-0.2, 0) is 26.2 Å². The maximum atomic E-state index is 11.7. The highest BCUT2D eigenvalue weighted by Crippen LogP contribution is 2.18. The Balaban J connectivity index is 1.51. The summed E-state index contributed by atoms with van der Waals surface area (Å²) in [7, 11) is 3.46. The van der Waals surface area contributed by atoms with Gasteiger partial charge in [0.15, 0.2) is 0 Å². The van der Waals surface area contributed by atoms with Crippen molar-refractivity contribution >= 4 is 6.03 Å². The molecular formula is C21H31N5O2. The van der Waals surface area contributed by atoms with Crippen molar-refractivity contribution in [2.45, 2.75) is 45.9 Å². The van der Waals surface area contributed by atoms with Gasteiger partial charge in [0.2, 0.25) is 0 Å². The fourth-order valence-electron chi connectivity index (χ4n) is 3.21. The van der Waals surface area contributed by atoms with Crippen LogP contribution in [0.2, 0.25) is 0 Å². The van der Waals surface area contributed by atoms with Crippen LogP contribution in [0.15, 0.2) is 30.3 Å². The van der Waals surface area contributed by atoms with Gasteiger partial charge in [-0.25, -0.2) is 4.79 Å². The number of unbranched alkanes of at least 4 members (excludes halogenated alkanes) is 1. The van der Waals surface area contributed by atoms with Crippen LogP contribution in [0.25, 0.3) is 0 Å². The number of amides is 2. The summed E-state index contributed by atoms with van der Waals surface area (Å²) in [5, 5.41) is 7.48. The second-order valence-electron chi connectivity index (χ2n) is 7.46. The molecule has 0 unspecified atom stereocenters. The van der Waals surface area contributed by atoms with Crippen LogP contribution < -0.4 is 10.1 Å². The third kappa shape index (κ3) is 5.48. The molecule has 7 heteroatoms. The van der Waals surface area contributed by atoms with Gasteiger partial charge >= 0.3 is 6.03 Å². The maximum absolute atomic E-state index is 11.7. The Morgan fingerprint density at radius 3 is 2.75 bits per heavy atom. The highest BCUT2D eigenvalue weighted by atomic mass is 16.5. The highest BCUT2D eigenvalue weighted by Gasteiger charge is 2.19. The quantitative estimate of drug-likeness (QED) is 0.710. The molecule has 1 aromatic heterocycles. The SMILES string of the molecule is CCCCOc1ccc(CN2CCn3nc(CNC(=O)N(C)C)cc3C2)cc1. The largest absolute Gasteiger partial charge is 0.494 e. The molecule has 1 N–H and O–H groups in total. The molecule has 0 radical (unpaired) electrons. The summed E-state index contributed by atoms with van der Waals surface area (Å²) < 4.78 is 7.79. The Bertz CT molecular complexity index is 770. The molecule has 152 valence electrons. The van der Waals surface area contributed by atoms with Gasteiger partial charge in [0.1, 0.15) is 5.75 Å². The molecule has 7 nitrogen and oxygen atoms in total. The van der Waals surface area contributed by atoms with Crippen molar-refractivity contribution in [3.8, 4) is 5.75 Å². The molecule has 2 heterocycles. The van der Waals surface area contributed by atoms with Crippen LogP contribution in [0.5, 0.6) is 5.75 Å². The van der Waals surface area contributed by atoms with Crippen molar-refractivity contribution in [2.24, 2.45) is 0 Å². The topological polar surface area (TPSA) is 62.6 Å². The van der Waals surface area contributed by atoms with Crippen LogP contribution in [0, 0.1) is 0 Å². The van der Waals surface area contributed by atoms with Crippen molar-refractivity contribution in [3.63, 3.8) is 0 Å². The highest BCUT2D eigenvalue weighted by molar-refractivity contribution is 5.73. The van der Waals surface area contributed by atoms with E-state index < -0.39 is 0 Å². The number of hydrogen-bond donors (Lipinski definition) is 1. The lowest BCUT2D eigenvalue weighted by atomic mass is 10.2. The number of carbonyl (C=O) groups is 1. The first-order valence-electron chi connectivity index (χ1n) is 10.00. The molecule has 0 aliphatic carbocycles. The zero-order chi connectivity index (χ0) is 19.9. The summed E-state index contributed by atoms with van der Waals surface area (Å²) in [6.45, 7) is 7.01. The van der Waals surface area contributed by atoms with Crippen molar-refractivity contribution < 1.29 is 9.53 Å². The van der Waals surface area contributed by atoms with Crippen LogP contribution in [0.3, 0.4) is 0 Å². The average molecular weight is 386 g/mol. The number of hydrogen-bond acceptors (Lipinski definition) is 4. The van der Waals surface area contributed by atoms with E-state index in [1.54, 1.807) is 14.1 Å². The van der Waals surface area contributed by atoms with Gasteiger partial charge in [-0.3, -0.25) is 9.58 Å². The summed E-state index contributed by atoms with van der Waals surface area (Å²) >= 11 is 0. The summed E-state index contributed by atoms with van der Waals surface area (Å²) in [5.41, 5.74) is 3.38. The van der Waals surface area contributed by atoms with Gasteiger partial charge in [0.05, 0.1) is 31.1 Å². The molecule has 0 saturated heterocycles. The Hall–Kier alpha value is -2.54. The van der Waals surface area contributed by atoms with Crippen LogP contribution >= 0.6 is 0 Å². The van der Waals surface area contributed by atoms with E-state index in [-0.39, 0.29) is 6.03 Å². The molecule has 1 aliphatic rings. The number of urea groups is 1. The van der Waals surface area contributed by atoms with E-state index in [1.807, 2.05) is 0 Å². The standard InChI is InChI=1S/C21H31N5O2/c1-4-5-12-28-20-8-6-17(7-9-20)15-25-10-11-26-19(16-25)13-18(23-26)14-22-21(27)24(2)3/h6-9,13H,4-5,10-12,14-16H2,1-3H3,(H,22,27). The number of carbonyl (C=O) groups excluding carboxylic acids is 1. The third-order valence-electron chi connectivity index (χ3n) is 4.85.